The molecule has 0 saturated heterocycles. The Morgan fingerprint density at radius 2 is 1.95 bits per heavy atom. The van der Waals surface area contributed by atoms with Crippen LogP contribution in [0, 0.1) is 0 Å². The van der Waals surface area contributed by atoms with Crippen LogP contribution >= 0.6 is 12.6 Å². The lowest BCUT2D eigenvalue weighted by atomic mass is 9.99. The van der Waals surface area contributed by atoms with Crippen LogP contribution in [0.3, 0.4) is 0 Å². The second-order valence-corrected chi connectivity index (χ2v) is 6.06. The number of hydrogen-bond acceptors (Lipinski definition) is 3. The summed E-state index contributed by atoms with van der Waals surface area (Å²) in [6.07, 6.45) is 1.34. The van der Waals surface area contributed by atoms with Gasteiger partial charge in [0.15, 0.2) is 0 Å². The van der Waals surface area contributed by atoms with Gasteiger partial charge in [0.05, 0.1) is 13.5 Å². The van der Waals surface area contributed by atoms with Gasteiger partial charge in [-0.05, 0) is 47.4 Å². The van der Waals surface area contributed by atoms with E-state index in [1.165, 1.54) is 11.1 Å². The average Bonchev–Trinajstić information content (AvgIpc) is 2.54. The average molecular weight is 313 g/mol. The molecule has 1 heterocycles. The molecule has 0 N–H and O–H groups in total. The highest BCUT2D eigenvalue weighted by Gasteiger charge is 2.20. The summed E-state index contributed by atoms with van der Waals surface area (Å²) in [5, 5.41) is 0. The zero-order valence-electron chi connectivity index (χ0n) is 12.6. The highest BCUT2D eigenvalue weighted by Crippen LogP contribution is 2.22. The standard InChI is InChI=1S/C18H19NO2S/c1-21-16-5-2-13(3-6-16)10-18(20)19-9-8-14-4-7-17(22)11-15(14)12-19/h2-7,11,22H,8-10,12H2,1H3. The van der Waals surface area contributed by atoms with Gasteiger partial charge >= 0.3 is 0 Å². The number of carbonyl (C=O) groups excluding carboxylic acids is 1. The molecule has 1 aliphatic heterocycles. The number of carbonyl (C=O) groups is 1. The first-order chi connectivity index (χ1) is 10.7. The van der Waals surface area contributed by atoms with Crippen LogP contribution in [0.5, 0.6) is 5.75 Å². The molecule has 3 rings (SSSR count). The van der Waals surface area contributed by atoms with Gasteiger partial charge in [-0.25, -0.2) is 0 Å². The molecular formula is C18H19NO2S. The molecule has 0 unspecified atom stereocenters. The van der Waals surface area contributed by atoms with Crippen molar-refractivity contribution in [3.63, 3.8) is 0 Å². The molecule has 0 atom stereocenters. The van der Waals surface area contributed by atoms with Crippen molar-refractivity contribution in [1.82, 2.24) is 4.90 Å². The number of ether oxygens (including phenoxy) is 1. The van der Waals surface area contributed by atoms with E-state index in [0.29, 0.717) is 13.0 Å². The van der Waals surface area contributed by atoms with Crippen LogP contribution in [0.25, 0.3) is 0 Å². The molecule has 22 heavy (non-hydrogen) atoms. The first-order valence-corrected chi connectivity index (χ1v) is 7.82. The molecule has 0 aromatic heterocycles. The predicted molar refractivity (Wildman–Crippen MR) is 89.5 cm³/mol. The molecule has 2 aromatic carbocycles. The fourth-order valence-electron chi connectivity index (χ4n) is 2.79. The van der Waals surface area contributed by atoms with Crippen LogP contribution < -0.4 is 4.74 Å². The van der Waals surface area contributed by atoms with Crippen molar-refractivity contribution in [2.75, 3.05) is 13.7 Å². The van der Waals surface area contributed by atoms with Crippen molar-refractivity contribution in [1.29, 1.82) is 0 Å². The Bertz CT molecular complexity index is 682. The maximum Gasteiger partial charge on any atom is 0.227 e. The maximum atomic E-state index is 12.5. The third-order valence-corrected chi connectivity index (χ3v) is 4.35. The van der Waals surface area contributed by atoms with Gasteiger partial charge in [-0.15, -0.1) is 12.6 Å². The number of fused-ring (bicyclic) bond motifs is 1. The maximum absolute atomic E-state index is 12.5. The quantitative estimate of drug-likeness (QED) is 0.882. The van der Waals surface area contributed by atoms with Crippen LogP contribution in [0.2, 0.25) is 0 Å². The summed E-state index contributed by atoms with van der Waals surface area (Å²) in [5.41, 5.74) is 3.55. The molecule has 0 fully saturated rings. The summed E-state index contributed by atoms with van der Waals surface area (Å²) in [6, 6.07) is 13.9. The number of nitrogens with zero attached hydrogens (tertiary/aromatic N) is 1. The zero-order valence-corrected chi connectivity index (χ0v) is 13.5. The smallest absolute Gasteiger partial charge is 0.227 e. The summed E-state index contributed by atoms with van der Waals surface area (Å²) in [4.78, 5) is 15.4. The largest absolute Gasteiger partial charge is 0.497 e. The first kappa shape index (κ1) is 15.0. The van der Waals surface area contributed by atoms with E-state index in [4.69, 9.17) is 4.74 Å². The number of rotatable bonds is 3. The van der Waals surface area contributed by atoms with Crippen LogP contribution in [-0.2, 0) is 24.2 Å². The van der Waals surface area contributed by atoms with Crippen LogP contribution in [0.1, 0.15) is 16.7 Å². The lowest BCUT2D eigenvalue weighted by molar-refractivity contribution is -0.131. The summed E-state index contributed by atoms with van der Waals surface area (Å²) in [7, 11) is 1.64. The Morgan fingerprint density at radius 1 is 1.18 bits per heavy atom. The molecule has 3 nitrogen and oxygen atoms in total. The van der Waals surface area contributed by atoms with Crippen molar-refractivity contribution in [2.24, 2.45) is 0 Å². The van der Waals surface area contributed by atoms with Gasteiger partial charge < -0.3 is 9.64 Å². The molecule has 0 spiro atoms. The van der Waals surface area contributed by atoms with E-state index in [9.17, 15) is 4.79 Å². The molecule has 0 radical (unpaired) electrons. The monoisotopic (exact) mass is 313 g/mol. The van der Waals surface area contributed by atoms with Crippen LogP contribution in [0.15, 0.2) is 47.4 Å². The summed E-state index contributed by atoms with van der Waals surface area (Å²) in [6.45, 7) is 1.46. The molecular weight excluding hydrogens is 294 g/mol. The highest BCUT2D eigenvalue weighted by atomic mass is 32.1. The van der Waals surface area contributed by atoms with Gasteiger partial charge in [-0.3, -0.25) is 4.79 Å². The van der Waals surface area contributed by atoms with Gasteiger partial charge in [0.25, 0.3) is 0 Å². The molecule has 0 saturated carbocycles. The van der Waals surface area contributed by atoms with E-state index in [-0.39, 0.29) is 5.91 Å². The van der Waals surface area contributed by atoms with Gasteiger partial charge in [0.1, 0.15) is 5.75 Å². The van der Waals surface area contributed by atoms with E-state index in [1.807, 2.05) is 35.2 Å². The van der Waals surface area contributed by atoms with Crippen molar-refractivity contribution in [3.05, 3.63) is 59.2 Å². The molecule has 114 valence electrons. The summed E-state index contributed by atoms with van der Waals surface area (Å²) < 4.78 is 5.14. The van der Waals surface area contributed by atoms with Crippen molar-refractivity contribution < 1.29 is 9.53 Å². The van der Waals surface area contributed by atoms with Crippen LogP contribution in [0.4, 0.5) is 0 Å². The number of amides is 1. The van der Waals surface area contributed by atoms with Crippen LogP contribution in [-0.4, -0.2) is 24.5 Å². The normalized spacial score (nSPS) is 13.6. The van der Waals surface area contributed by atoms with Gasteiger partial charge in [-0.2, -0.15) is 0 Å². The highest BCUT2D eigenvalue weighted by molar-refractivity contribution is 7.80. The Balaban J connectivity index is 1.68. The second-order valence-electron chi connectivity index (χ2n) is 5.54. The summed E-state index contributed by atoms with van der Waals surface area (Å²) in [5.74, 6) is 0.977. The first-order valence-electron chi connectivity index (χ1n) is 7.37. The minimum Gasteiger partial charge on any atom is -0.497 e. The van der Waals surface area contributed by atoms with Crippen molar-refractivity contribution in [2.45, 2.75) is 24.3 Å². The van der Waals surface area contributed by atoms with Gasteiger partial charge in [0, 0.05) is 18.0 Å². The van der Waals surface area contributed by atoms with Crippen molar-refractivity contribution in [3.8, 4) is 5.75 Å². The predicted octanol–water partition coefficient (Wildman–Crippen LogP) is 3.11. The summed E-state index contributed by atoms with van der Waals surface area (Å²) >= 11 is 4.38. The Kier molecular flexibility index (Phi) is 4.39. The van der Waals surface area contributed by atoms with E-state index in [1.54, 1.807) is 7.11 Å². The molecule has 0 bridgehead atoms. The third-order valence-electron chi connectivity index (χ3n) is 4.07. The Morgan fingerprint density at radius 3 is 2.68 bits per heavy atom. The molecule has 4 heteroatoms. The zero-order chi connectivity index (χ0) is 15.5. The minimum absolute atomic E-state index is 0.167. The molecule has 2 aromatic rings. The molecule has 1 aliphatic rings. The molecule has 1 amide bonds. The molecule has 0 aliphatic carbocycles. The van der Waals surface area contributed by atoms with E-state index in [0.717, 1.165) is 29.2 Å². The van der Waals surface area contributed by atoms with E-state index < -0.39 is 0 Å². The number of benzene rings is 2. The Labute approximate surface area is 136 Å². The topological polar surface area (TPSA) is 29.5 Å². The number of thiol groups is 1. The van der Waals surface area contributed by atoms with Gasteiger partial charge in [0.2, 0.25) is 5.91 Å². The third kappa shape index (κ3) is 3.28. The fourth-order valence-corrected chi connectivity index (χ4v) is 3.02. The second kappa shape index (κ2) is 6.44. The number of methoxy groups -OCH3 is 1. The Hall–Kier alpha value is -1.94. The van der Waals surface area contributed by atoms with E-state index >= 15 is 0 Å². The lowest BCUT2D eigenvalue weighted by Gasteiger charge is -2.29. The lowest BCUT2D eigenvalue weighted by Crippen LogP contribution is -2.36. The number of hydrogen-bond donors (Lipinski definition) is 1. The van der Waals surface area contributed by atoms with Gasteiger partial charge in [-0.1, -0.05) is 18.2 Å². The fraction of sp³-hybridized carbons (Fsp3) is 0.278. The minimum atomic E-state index is 0.167. The van der Waals surface area contributed by atoms with Crippen molar-refractivity contribution >= 4 is 18.5 Å². The van der Waals surface area contributed by atoms with E-state index in [2.05, 4.69) is 24.8 Å². The SMILES string of the molecule is COc1ccc(CC(=O)N2CCc3ccc(S)cc3C2)cc1.